The van der Waals surface area contributed by atoms with E-state index in [1.165, 1.54) is 64.2 Å². The molecule has 9 heteroatoms. The van der Waals surface area contributed by atoms with E-state index in [2.05, 4.69) is 18.0 Å². The van der Waals surface area contributed by atoms with Crippen LogP contribution in [-0.4, -0.2) is 24.9 Å². The normalized spacial score (nSPS) is 11.8. The number of hydrogen-bond acceptors (Lipinski definition) is 6. The van der Waals surface area contributed by atoms with Crippen molar-refractivity contribution in [2.45, 2.75) is 162 Å². The van der Waals surface area contributed by atoms with Crippen molar-refractivity contribution in [2.24, 2.45) is 5.41 Å². The zero-order valence-electron chi connectivity index (χ0n) is 24.1. The maximum absolute atomic E-state index is 12.7. The van der Waals surface area contributed by atoms with Crippen LogP contribution in [0.4, 0.5) is 0 Å². The van der Waals surface area contributed by atoms with Gasteiger partial charge < -0.3 is 14.1 Å². The van der Waals surface area contributed by atoms with Crippen LogP contribution in [0.1, 0.15) is 162 Å². The molecular formula is C28H53LiO7S. The second-order valence-electron chi connectivity index (χ2n) is 10.5. The number of rotatable bonds is 26. The molecule has 0 aromatic carbocycles. The minimum Gasteiger partial charge on any atom is -0.550 e. The number of carbonyl (C=O) groups is 2. The Kier molecular flexibility index (Phi) is 25.5. The average molecular weight is 541 g/mol. The quantitative estimate of drug-likeness (QED) is 0.0997. The van der Waals surface area contributed by atoms with E-state index in [9.17, 15) is 23.1 Å². The van der Waals surface area contributed by atoms with Crippen molar-refractivity contribution < 1.29 is 50.7 Å². The van der Waals surface area contributed by atoms with Gasteiger partial charge >= 0.3 is 35.2 Å². The fraction of sp³-hybridized carbons (Fsp3) is 0.929. The summed E-state index contributed by atoms with van der Waals surface area (Å²) in [5.74, 6) is -2.59. The number of unbranched alkanes of at least 4 members (excludes halogenated alkanes) is 18. The van der Waals surface area contributed by atoms with Crippen LogP contribution in [0.25, 0.3) is 0 Å². The molecular weight excluding hydrogens is 487 g/mol. The van der Waals surface area contributed by atoms with Crippen LogP contribution in [0.5, 0.6) is 0 Å². The molecule has 0 rings (SSSR count). The molecule has 0 aromatic heterocycles. The van der Waals surface area contributed by atoms with E-state index in [0.717, 1.165) is 51.4 Å². The Labute approximate surface area is 239 Å². The standard InChI is InChI=1S/C28H54O7S.Li/c1-3-5-7-9-11-13-15-17-19-21-23-28(25-26(29)30,27(31)35-36(32,33)34)24-22-20-18-16-14-12-10-8-6-4-2;/h3-25H2,1-2H3,(H,29,30)(H,32,33,34);/q;+1/p-1. The molecule has 0 atom stereocenters. The number of carboxylic acid groups (broad SMARTS) is 1. The van der Waals surface area contributed by atoms with E-state index in [1.807, 2.05) is 0 Å². The summed E-state index contributed by atoms with van der Waals surface area (Å²) < 4.78 is 35.7. The molecule has 0 aliphatic carbocycles. The molecule has 0 aliphatic rings. The van der Waals surface area contributed by atoms with Crippen LogP contribution >= 0.6 is 0 Å². The van der Waals surface area contributed by atoms with Gasteiger partial charge in [-0.25, -0.2) is 0 Å². The van der Waals surface area contributed by atoms with Gasteiger partial charge in [0.05, 0.1) is 5.41 Å². The molecule has 0 amide bonds. The second kappa shape index (κ2) is 24.5. The second-order valence-corrected chi connectivity index (χ2v) is 11.5. The van der Waals surface area contributed by atoms with Gasteiger partial charge in [-0.05, 0) is 12.8 Å². The summed E-state index contributed by atoms with van der Waals surface area (Å²) >= 11 is 0. The fourth-order valence-electron chi connectivity index (χ4n) is 4.94. The third-order valence-electron chi connectivity index (χ3n) is 7.11. The van der Waals surface area contributed by atoms with Gasteiger partial charge in [-0.15, -0.1) is 0 Å². The number of aliphatic carboxylic acids is 1. The van der Waals surface area contributed by atoms with Gasteiger partial charge in [0.25, 0.3) is 0 Å². The predicted molar refractivity (Wildman–Crippen MR) is 143 cm³/mol. The molecule has 0 aromatic rings. The maximum Gasteiger partial charge on any atom is 1.00 e. The summed E-state index contributed by atoms with van der Waals surface area (Å²) in [6, 6.07) is 0. The summed E-state index contributed by atoms with van der Waals surface area (Å²) in [6.07, 6.45) is 21.7. The van der Waals surface area contributed by atoms with Crippen LogP contribution in [0.3, 0.4) is 0 Å². The van der Waals surface area contributed by atoms with Crippen LogP contribution in [0.15, 0.2) is 0 Å². The van der Waals surface area contributed by atoms with Crippen molar-refractivity contribution in [3.63, 3.8) is 0 Å². The van der Waals surface area contributed by atoms with E-state index in [-0.39, 0.29) is 31.7 Å². The molecule has 37 heavy (non-hydrogen) atoms. The summed E-state index contributed by atoms with van der Waals surface area (Å²) in [6.45, 7) is 4.39. The first-order chi connectivity index (χ1) is 17.2. The van der Waals surface area contributed by atoms with Gasteiger partial charge in [-0.1, -0.05) is 142 Å². The Morgan fingerprint density at radius 3 is 1.22 bits per heavy atom. The molecule has 7 nitrogen and oxygen atoms in total. The third-order valence-corrected chi connectivity index (χ3v) is 7.48. The van der Waals surface area contributed by atoms with Gasteiger partial charge in [0, 0.05) is 12.4 Å². The van der Waals surface area contributed by atoms with Crippen molar-refractivity contribution >= 4 is 22.3 Å². The Bertz CT molecular complexity index is 643. The summed E-state index contributed by atoms with van der Waals surface area (Å²) in [5.41, 5.74) is -1.49. The minimum absolute atomic E-state index is 0. The van der Waals surface area contributed by atoms with Crippen LogP contribution in [-0.2, 0) is 24.2 Å². The van der Waals surface area contributed by atoms with E-state index < -0.39 is 34.2 Å². The monoisotopic (exact) mass is 540 g/mol. The third kappa shape index (κ3) is 23.1. The van der Waals surface area contributed by atoms with Gasteiger partial charge in [0.1, 0.15) is 0 Å². The van der Waals surface area contributed by atoms with Crippen molar-refractivity contribution in [2.75, 3.05) is 0 Å². The summed E-state index contributed by atoms with van der Waals surface area (Å²) in [7, 11) is -5.01. The smallest absolute Gasteiger partial charge is 0.550 e. The van der Waals surface area contributed by atoms with E-state index in [4.69, 9.17) is 4.55 Å². The Hall–Kier alpha value is -0.553. The molecule has 0 fully saturated rings. The molecule has 0 unspecified atom stereocenters. The van der Waals surface area contributed by atoms with Crippen molar-refractivity contribution in [1.82, 2.24) is 0 Å². The predicted octanol–water partition coefficient (Wildman–Crippen LogP) is 4.08. The SMILES string of the molecule is CCCCCCCCCCCCC(CCCCCCCCCCCC)(CC(=O)[O-])C(=O)OS(=O)(=O)O.[Li+]. The number of carbonyl (C=O) groups excluding carboxylic acids is 2. The van der Waals surface area contributed by atoms with Crippen LogP contribution in [0.2, 0.25) is 0 Å². The average Bonchev–Trinajstić information content (AvgIpc) is 2.79. The maximum atomic E-state index is 12.7. The molecule has 0 spiro atoms. The Morgan fingerprint density at radius 1 is 0.649 bits per heavy atom. The van der Waals surface area contributed by atoms with Gasteiger partial charge in [-0.3, -0.25) is 9.35 Å². The fourth-order valence-corrected chi connectivity index (χ4v) is 5.31. The van der Waals surface area contributed by atoms with Gasteiger partial charge in [0.15, 0.2) is 0 Å². The number of carboxylic acids is 1. The molecule has 0 saturated heterocycles. The Morgan fingerprint density at radius 2 is 0.946 bits per heavy atom. The molecule has 0 heterocycles. The molecule has 1 N–H and O–H groups in total. The molecule has 0 bridgehead atoms. The van der Waals surface area contributed by atoms with Crippen LogP contribution in [0, 0.1) is 5.41 Å². The van der Waals surface area contributed by atoms with Crippen molar-refractivity contribution in [1.29, 1.82) is 0 Å². The first kappa shape index (κ1) is 38.6. The summed E-state index contributed by atoms with van der Waals surface area (Å²) in [5, 5.41) is 11.5. The topological polar surface area (TPSA) is 121 Å². The Balaban J connectivity index is 0. The molecule has 214 valence electrons. The minimum atomic E-state index is -5.01. The first-order valence-corrected chi connectivity index (χ1v) is 15.9. The van der Waals surface area contributed by atoms with Crippen LogP contribution < -0.4 is 24.0 Å². The van der Waals surface area contributed by atoms with Crippen molar-refractivity contribution in [3.8, 4) is 0 Å². The molecule has 0 aliphatic heterocycles. The zero-order chi connectivity index (χ0) is 27.1. The van der Waals surface area contributed by atoms with Crippen molar-refractivity contribution in [3.05, 3.63) is 0 Å². The van der Waals surface area contributed by atoms with E-state index >= 15 is 0 Å². The van der Waals surface area contributed by atoms with Gasteiger partial charge in [-0.2, -0.15) is 8.42 Å². The largest absolute Gasteiger partial charge is 1.00 e. The summed E-state index contributed by atoms with van der Waals surface area (Å²) in [4.78, 5) is 24.3. The van der Waals surface area contributed by atoms with Gasteiger partial charge in [0.2, 0.25) is 0 Å². The number of hydrogen-bond donors (Lipinski definition) is 1. The van der Waals surface area contributed by atoms with E-state index in [1.54, 1.807) is 0 Å². The van der Waals surface area contributed by atoms with E-state index in [0.29, 0.717) is 12.8 Å². The molecule has 0 radical (unpaired) electrons. The molecule has 0 saturated carbocycles. The zero-order valence-corrected chi connectivity index (χ0v) is 24.9. The first-order valence-electron chi connectivity index (χ1n) is 14.6.